The molecule has 0 aromatic heterocycles. The van der Waals surface area contributed by atoms with Crippen molar-refractivity contribution < 1.29 is 19.4 Å². The highest BCUT2D eigenvalue weighted by atomic mass is 28.4. The van der Waals surface area contributed by atoms with Crippen LogP contribution in [0.5, 0.6) is 0 Å². The monoisotopic (exact) mass is 574 g/mol. The van der Waals surface area contributed by atoms with Crippen LogP contribution in [0.1, 0.15) is 54.0 Å². The summed E-state index contributed by atoms with van der Waals surface area (Å²) in [6, 6.07) is 31.3. The lowest BCUT2D eigenvalue weighted by Crippen LogP contribution is -2.67. The van der Waals surface area contributed by atoms with Crippen LogP contribution < -0.4 is 10.4 Å². The van der Waals surface area contributed by atoms with Gasteiger partial charge < -0.3 is 19.4 Å². The summed E-state index contributed by atoms with van der Waals surface area (Å²) >= 11 is 0. The molecule has 3 aromatic rings. The molecule has 0 saturated heterocycles. The predicted molar refractivity (Wildman–Crippen MR) is 173 cm³/mol. The van der Waals surface area contributed by atoms with Crippen molar-refractivity contribution in [1.29, 1.82) is 0 Å². The van der Waals surface area contributed by atoms with Gasteiger partial charge in [0.05, 0.1) is 18.8 Å². The standard InChI is InChI=1S/C36H50O4Si/c1-27(23-28(2)35(29(3)24-37)39-26-31-17-11-8-12-18-31)34(38)30(4)25-40-41(36(5,6)7,32-19-13-9-14-20-32)33-21-15-10-16-22-33/h8-23,28-30,34-35,37-38H,24-26H2,1-7H3/b27-23+/t28-,29-,30+,34?,35+/m1/s1. The Hall–Kier alpha value is -2.54. The van der Waals surface area contributed by atoms with Gasteiger partial charge in [0.15, 0.2) is 0 Å². The summed E-state index contributed by atoms with van der Waals surface area (Å²) in [6.07, 6.45) is 1.27. The van der Waals surface area contributed by atoms with Gasteiger partial charge in [0.1, 0.15) is 0 Å². The van der Waals surface area contributed by atoms with Crippen molar-refractivity contribution in [2.24, 2.45) is 17.8 Å². The lowest BCUT2D eigenvalue weighted by molar-refractivity contribution is -0.0313. The molecule has 0 amide bonds. The van der Waals surface area contributed by atoms with Crippen molar-refractivity contribution in [3.63, 3.8) is 0 Å². The lowest BCUT2D eigenvalue weighted by atomic mass is 9.89. The number of ether oxygens (including phenoxy) is 1. The summed E-state index contributed by atoms with van der Waals surface area (Å²) in [5.74, 6) is -0.134. The first-order valence-electron chi connectivity index (χ1n) is 14.9. The van der Waals surface area contributed by atoms with Crippen LogP contribution in [-0.2, 0) is 15.8 Å². The summed E-state index contributed by atoms with van der Waals surface area (Å²) < 4.78 is 13.4. The van der Waals surface area contributed by atoms with E-state index in [-0.39, 0.29) is 35.5 Å². The molecule has 0 spiro atoms. The largest absolute Gasteiger partial charge is 0.407 e. The van der Waals surface area contributed by atoms with E-state index in [0.717, 1.165) is 11.1 Å². The third-order valence-electron chi connectivity index (χ3n) is 8.16. The number of hydrogen-bond donors (Lipinski definition) is 2. The zero-order valence-corrected chi connectivity index (χ0v) is 27.0. The molecule has 222 valence electrons. The van der Waals surface area contributed by atoms with Crippen LogP contribution >= 0.6 is 0 Å². The normalized spacial score (nSPS) is 16.6. The minimum absolute atomic E-state index is 0.0142. The molecule has 3 rings (SSSR count). The average Bonchev–Trinajstić information content (AvgIpc) is 2.97. The fourth-order valence-electron chi connectivity index (χ4n) is 5.87. The number of benzene rings is 3. The van der Waals surface area contributed by atoms with Crippen LogP contribution in [0.4, 0.5) is 0 Å². The molecule has 0 saturated carbocycles. The van der Waals surface area contributed by atoms with Gasteiger partial charge in [-0.15, -0.1) is 0 Å². The Morgan fingerprint density at radius 1 is 0.805 bits per heavy atom. The zero-order valence-electron chi connectivity index (χ0n) is 26.0. The molecule has 0 fully saturated rings. The van der Waals surface area contributed by atoms with Crippen molar-refractivity contribution in [2.45, 2.75) is 72.3 Å². The van der Waals surface area contributed by atoms with E-state index in [9.17, 15) is 10.2 Å². The zero-order chi connectivity index (χ0) is 30.0. The molecule has 4 nitrogen and oxygen atoms in total. The van der Waals surface area contributed by atoms with Gasteiger partial charge in [0.2, 0.25) is 0 Å². The third kappa shape index (κ3) is 8.27. The van der Waals surface area contributed by atoms with Crippen molar-refractivity contribution >= 4 is 18.7 Å². The summed E-state index contributed by atoms with van der Waals surface area (Å²) in [5.41, 5.74) is 2.00. The first kappa shape index (κ1) is 33.0. The maximum atomic E-state index is 11.4. The van der Waals surface area contributed by atoms with Gasteiger partial charge in [0.25, 0.3) is 8.32 Å². The van der Waals surface area contributed by atoms with Gasteiger partial charge in [-0.3, -0.25) is 0 Å². The van der Waals surface area contributed by atoms with Gasteiger partial charge in [0, 0.05) is 31.0 Å². The molecule has 41 heavy (non-hydrogen) atoms. The van der Waals surface area contributed by atoms with Crippen molar-refractivity contribution in [3.8, 4) is 0 Å². The summed E-state index contributed by atoms with van der Waals surface area (Å²) in [5, 5.41) is 23.7. The molecule has 0 aliphatic carbocycles. The van der Waals surface area contributed by atoms with Crippen LogP contribution in [0.15, 0.2) is 103 Å². The second-order valence-electron chi connectivity index (χ2n) is 12.6. The molecule has 5 atom stereocenters. The van der Waals surface area contributed by atoms with Gasteiger partial charge in [-0.1, -0.05) is 139 Å². The maximum absolute atomic E-state index is 11.4. The summed E-state index contributed by atoms with van der Waals surface area (Å²) in [4.78, 5) is 0. The Kier molecular flexibility index (Phi) is 12.1. The Labute approximate surface area is 249 Å². The summed E-state index contributed by atoms with van der Waals surface area (Å²) in [7, 11) is -2.68. The number of rotatable bonds is 14. The molecular weight excluding hydrogens is 524 g/mol. The second-order valence-corrected chi connectivity index (χ2v) is 16.9. The van der Waals surface area contributed by atoms with E-state index in [1.165, 1.54) is 10.4 Å². The average molecular weight is 575 g/mol. The fraction of sp³-hybridized carbons (Fsp3) is 0.444. The molecule has 2 N–H and O–H groups in total. The van der Waals surface area contributed by atoms with Crippen LogP contribution in [0.3, 0.4) is 0 Å². The SMILES string of the molecule is C/C(=C\[C@@H](C)[C@H](OCc1ccccc1)[C@H](C)CO)C(O)[C@@H](C)CO[Si](c1ccccc1)(c1ccccc1)C(C)(C)C. The highest BCUT2D eigenvalue weighted by molar-refractivity contribution is 6.99. The van der Waals surface area contributed by atoms with E-state index in [0.29, 0.717) is 13.2 Å². The minimum atomic E-state index is -2.68. The quantitative estimate of drug-likeness (QED) is 0.174. The van der Waals surface area contributed by atoms with Crippen LogP contribution in [0.25, 0.3) is 0 Å². The Morgan fingerprint density at radius 3 is 1.76 bits per heavy atom. The van der Waals surface area contributed by atoms with Crippen molar-refractivity contribution in [3.05, 3.63) is 108 Å². The van der Waals surface area contributed by atoms with Crippen LogP contribution in [-0.4, -0.2) is 44.0 Å². The molecular formula is C36H50O4Si. The number of aliphatic hydroxyl groups is 2. The third-order valence-corrected chi connectivity index (χ3v) is 13.2. The van der Waals surface area contributed by atoms with Crippen molar-refractivity contribution in [2.75, 3.05) is 13.2 Å². The van der Waals surface area contributed by atoms with E-state index in [1.54, 1.807) is 0 Å². The second kappa shape index (κ2) is 15.1. The lowest BCUT2D eigenvalue weighted by Gasteiger charge is -2.43. The summed E-state index contributed by atoms with van der Waals surface area (Å²) in [6.45, 7) is 15.9. The van der Waals surface area contributed by atoms with Crippen LogP contribution in [0, 0.1) is 17.8 Å². The maximum Gasteiger partial charge on any atom is 0.261 e. The molecule has 1 unspecified atom stereocenters. The molecule has 0 aliphatic rings. The van der Waals surface area contributed by atoms with E-state index >= 15 is 0 Å². The molecule has 0 heterocycles. The molecule has 0 bridgehead atoms. The van der Waals surface area contributed by atoms with Gasteiger partial charge in [-0.25, -0.2) is 0 Å². The molecule has 5 heteroatoms. The van der Waals surface area contributed by atoms with E-state index in [2.05, 4.69) is 89.2 Å². The smallest absolute Gasteiger partial charge is 0.261 e. The Morgan fingerprint density at radius 2 is 1.29 bits per heavy atom. The van der Waals surface area contributed by atoms with Crippen LogP contribution in [0.2, 0.25) is 5.04 Å². The van der Waals surface area contributed by atoms with Gasteiger partial charge in [-0.05, 0) is 33.5 Å². The Balaban J connectivity index is 1.79. The van der Waals surface area contributed by atoms with E-state index < -0.39 is 14.4 Å². The van der Waals surface area contributed by atoms with E-state index in [4.69, 9.17) is 9.16 Å². The number of aliphatic hydroxyl groups excluding tert-OH is 2. The van der Waals surface area contributed by atoms with Gasteiger partial charge >= 0.3 is 0 Å². The Bertz CT molecular complexity index is 1150. The van der Waals surface area contributed by atoms with Gasteiger partial charge in [-0.2, -0.15) is 0 Å². The predicted octanol–water partition coefficient (Wildman–Crippen LogP) is 6.36. The molecule has 0 radical (unpaired) electrons. The number of hydrogen-bond acceptors (Lipinski definition) is 4. The highest BCUT2D eigenvalue weighted by Gasteiger charge is 2.50. The fourth-order valence-corrected chi connectivity index (χ4v) is 10.5. The minimum Gasteiger partial charge on any atom is -0.407 e. The molecule has 0 aliphatic heterocycles. The molecule has 3 aromatic carbocycles. The topological polar surface area (TPSA) is 58.9 Å². The first-order valence-corrected chi connectivity index (χ1v) is 16.8. The highest BCUT2D eigenvalue weighted by Crippen LogP contribution is 2.37. The van der Waals surface area contributed by atoms with Crippen molar-refractivity contribution in [1.82, 2.24) is 0 Å². The first-order chi connectivity index (χ1) is 19.5. The van der Waals surface area contributed by atoms with E-state index in [1.807, 2.05) is 56.3 Å².